The second kappa shape index (κ2) is 15.1. The van der Waals surface area contributed by atoms with Crippen LogP contribution in [0.1, 0.15) is 22.3 Å². The number of hydrogen-bond donors (Lipinski definition) is 0. The van der Waals surface area contributed by atoms with E-state index < -0.39 is 5.41 Å². The standard InChI is InChI=1S/C65H41NO2/c1-3-18-45(19-4-1)65(46-20-5-2-6-21-46)55-27-12-9-25-53(55)63-56(65)28-16-30-58(63)66(47-37-33-42(34-38-47)44-36-39-51-50-24-11-14-31-59(50)67-61(51)41-44)57-29-13-10-23-49(57)52-26-15-32-60-62(52)54-40-35-43-17-7-8-22-48(43)64(54)68-60/h1-41H. The zero-order valence-electron chi connectivity index (χ0n) is 36.9. The van der Waals surface area contributed by atoms with Gasteiger partial charge in [0.15, 0.2) is 0 Å². The molecule has 0 fully saturated rings. The number of furan rings is 2. The van der Waals surface area contributed by atoms with Gasteiger partial charge < -0.3 is 13.7 Å². The van der Waals surface area contributed by atoms with E-state index in [4.69, 9.17) is 8.83 Å². The first kappa shape index (κ1) is 38.4. The fourth-order valence-corrected chi connectivity index (χ4v) is 11.5. The minimum Gasteiger partial charge on any atom is -0.456 e. The molecule has 13 aromatic rings. The van der Waals surface area contributed by atoms with Crippen LogP contribution in [0, 0.1) is 0 Å². The van der Waals surface area contributed by atoms with Crippen LogP contribution in [0.5, 0.6) is 0 Å². The lowest BCUT2D eigenvalue weighted by Gasteiger charge is -2.34. The van der Waals surface area contributed by atoms with Crippen molar-refractivity contribution < 1.29 is 8.83 Å². The molecule has 3 nitrogen and oxygen atoms in total. The minimum absolute atomic E-state index is 0.557. The first-order valence-corrected chi connectivity index (χ1v) is 23.3. The van der Waals surface area contributed by atoms with Gasteiger partial charge in [-0.15, -0.1) is 0 Å². The van der Waals surface area contributed by atoms with E-state index in [0.29, 0.717) is 0 Å². The molecular weight excluding hydrogens is 827 g/mol. The average molecular weight is 868 g/mol. The first-order valence-electron chi connectivity index (χ1n) is 23.3. The van der Waals surface area contributed by atoms with Crippen LogP contribution in [0.3, 0.4) is 0 Å². The normalized spacial score (nSPS) is 12.8. The van der Waals surface area contributed by atoms with Crippen LogP contribution in [0.2, 0.25) is 0 Å². The Labute approximate surface area is 393 Å². The van der Waals surface area contributed by atoms with E-state index in [9.17, 15) is 0 Å². The van der Waals surface area contributed by atoms with E-state index in [-0.39, 0.29) is 0 Å². The molecule has 1 aliphatic carbocycles. The molecule has 2 heterocycles. The van der Waals surface area contributed by atoms with E-state index >= 15 is 0 Å². The predicted molar refractivity (Wildman–Crippen MR) is 281 cm³/mol. The van der Waals surface area contributed by atoms with E-state index in [0.717, 1.165) is 94.0 Å². The highest BCUT2D eigenvalue weighted by Crippen LogP contribution is 2.60. The summed E-state index contributed by atoms with van der Waals surface area (Å²) in [5.41, 5.74) is 18.1. The molecule has 0 atom stereocenters. The van der Waals surface area contributed by atoms with Gasteiger partial charge in [0.2, 0.25) is 0 Å². The Morgan fingerprint density at radius 2 is 0.926 bits per heavy atom. The molecule has 0 saturated carbocycles. The summed E-state index contributed by atoms with van der Waals surface area (Å²) in [5.74, 6) is 0. The largest absolute Gasteiger partial charge is 0.456 e. The summed E-state index contributed by atoms with van der Waals surface area (Å²) in [7, 11) is 0. The average Bonchev–Trinajstić information content (AvgIpc) is 4.08. The zero-order valence-corrected chi connectivity index (χ0v) is 36.9. The molecule has 68 heavy (non-hydrogen) atoms. The molecule has 11 aromatic carbocycles. The van der Waals surface area contributed by atoms with Crippen molar-refractivity contribution in [2.45, 2.75) is 5.41 Å². The summed E-state index contributed by atoms with van der Waals surface area (Å²) < 4.78 is 13.1. The summed E-state index contributed by atoms with van der Waals surface area (Å²) in [6.45, 7) is 0. The van der Waals surface area contributed by atoms with E-state index in [2.05, 4.69) is 241 Å². The highest BCUT2D eigenvalue weighted by Gasteiger charge is 2.47. The molecule has 0 N–H and O–H groups in total. The maximum Gasteiger partial charge on any atom is 0.143 e. The van der Waals surface area contributed by atoms with Gasteiger partial charge in [-0.05, 0) is 104 Å². The molecule has 0 bridgehead atoms. The number of benzene rings is 11. The maximum absolute atomic E-state index is 6.78. The molecule has 0 saturated heterocycles. The lowest BCUT2D eigenvalue weighted by atomic mass is 9.68. The summed E-state index contributed by atoms with van der Waals surface area (Å²) in [4.78, 5) is 2.49. The van der Waals surface area contributed by atoms with Gasteiger partial charge in [-0.1, -0.05) is 194 Å². The van der Waals surface area contributed by atoms with Crippen LogP contribution in [0.25, 0.3) is 88.0 Å². The molecule has 0 aliphatic heterocycles. The monoisotopic (exact) mass is 867 g/mol. The van der Waals surface area contributed by atoms with Crippen LogP contribution in [-0.4, -0.2) is 0 Å². The van der Waals surface area contributed by atoms with Crippen LogP contribution >= 0.6 is 0 Å². The van der Waals surface area contributed by atoms with Gasteiger partial charge >= 0.3 is 0 Å². The second-order valence-corrected chi connectivity index (χ2v) is 17.9. The molecule has 318 valence electrons. The van der Waals surface area contributed by atoms with Crippen molar-refractivity contribution in [1.82, 2.24) is 0 Å². The van der Waals surface area contributed by atoms with Crippen molar-refractivity contribution >= 4 is 71.7 Å². The van der Waals surface area contributed by atoms with E-state index in [1.54, 1.807) is 0 Å². The lowest BCUT2D eigenvalue weighted by Crippen LogP contribution is -2.28. The van der Waals surface area contributed by atoms with Crippen molar-refractivity contribution in [3.05, 3.63) is 271 Å². The topological polar surface area (TPSA) is 29.5 Å². The van der Waals surface area contributed by atoms with Crippen LogP contribution in [-0.2, 0) is 5.41 Å². The van der Waals surface area contributed by atoms with Crippen LogP contribution in [0.4, 0.5) is 17.1 Å². The predicted octanol–water partition coefficient (Wildman–Crippen LogP) is 17.8. The second-order valence-electron chi connectivity index (χ2n) is 17.9. The number of rotatable bonds is 7. The summed E-state index contributed by atoms with van der Waals surface area (Å²) in [5, 5.41) is 6.73. The zero-order chi connectivity index (χ0) is 44.8. The molecule has 1 aliphatic rings. The third-order valence-corrected chi connectivity index (χ3v) is 14.4. The molecule has 14 rings (SSSR count). The van der Waals surface area contributed by atoms with Gasteiger partial charge in [0.1, 0.15) is 22.3 Å². The summed E-state index contributed by atoms with van der Waals surface area (Å²) in [6.07, 6.45) is 0. The van der Waals surface area contributed by atoms with E-state index in [1.165, 1.54) is 33.4 Å². The highest BCUT2D eigenvalue weighted by molar-refractivity contribution is 6.20. The van der Waals surface area contributed by atoms with Gasteiger partial charge in [-0.2, -0.15) is 0 Å². The van der Waals surface area contributed by atoms with Gasteiger partial charge in [-0.25, -0.2) is 0 Å². The Balaban J connectivity index is 1.02. The maximum atomic E-state index is 6.78. The minimum atomic E-state index is -0.557. The Kier molecular flexibility index (Phi) is 8.50. The summed E-state index contributed by atoms with van der Waals surface area (Å²) in [6, 6.07) is 90.2. The van der Waals surface area contributed by atoms with Crippen molar-refractivity contribution in [2.75, 3.05) is 4.90 Å². The van der Waals surface area contributed by atoms with E-state index in [1.807, 2.05) is 12.1 Å². The SMILES string of the molecule is c1ccc(C2(c3ccccc3)c3ccccc3-c3c(N(c4ccc(-c5ccc6c(c5)oc5ccccc56)cc4)c4ccccc4-c4cccc5oc6c7ccccc7ccc6c45)cccc32)cc1. The molecular formula is C65H41NO2. The van der Waals surface area contributed by atoms with Crippen LogP contribution in [0.15, 0.2) is 258 Å². The number of fused-ring (bicyclic) bond motifs is 11. The van der Waals surface area contributed by atoms with Crippen LogP contribution < -0.4 is 4.90 Å². The highest BCUT2D eigenvalue weighted by atomic mass is 16.3. The van der Waals surface area contributed by atoms with Crippen molar-refractivity contribution in [2.24, 2.45) is 0 Å². The molecule has 0 radical (unpaired) electrons. The third-order valence-electron chi connectivity index (χ3n) is 14.4. The quantitative estimate of drug-likeness (QED) is 0.160. The molecule has 0 amide bonds. The fraction of sp³-hybridized carbons (Fsp3) is 0.0154. The van der Waals surface area contributed by atoms with Crippen molar-refractivity contribution in [1.29, 1.82) is 0 Å². The smallest absolute Gasteiger partial charge is 0.143 e. The molecule has 0 unspecified atom stereocenters. The van der Waals surface area contributed by atoms with Gasteiger partial charge in [0.25, 0.3) is 0 Å². The number of nitrogens with zero attached hydrogens (tertiary/aromatic N) is 1. The van der Waals surface area contributed by atoms with Gasteiger partial charge in [-0.3, -0.25) is 0 Å². The van der Waals surface area contributed by atoms with Crippen molar-refractivity contribution in [3.63, 3.8) is 0 Å². The van der Waals surface area contributed by atoms with Gasteiger partial charge in [0, 0.05) is 43.7 Å². The Bertz CT molecular complexity index is 4050. The first-order chi connectivity index (χ1) is 33.7. The number of para-hydroxylation sites is 2. The number of hydrogen-bond acceptors (Lipinski definition) is 3. The third kappa shape index (κ3) is 5.60. The summed E-state index contributed by atoms with van der Waals surface area (Å²) >= 11 is 0. The Morgan fingerprint density at radius 1 is 0.338 bits per heavy atom. The Morgan fingerprint density at radius 3 is 1.75 bits per heavy atom. The molecule has 3 heteroatoms. The fourth-order valence-electron chi connectivity index (χ4n) is 11.5. The Hall–Kier alpha value is -8.92. The molecule has 2 aromatic heterocycles. The van der Waals surface area contributed by atoms with Crippen molar-refractivity contribution in [3.8, 4) is 33.4 Å². The lowest BCUT2D eigenvalue weighted by molar-refractivity contribution is 0.669. The number of anilines is 3. The van der Waals surface area contributed by atoms with Gasteiger partial charge in [0.05, 0.1) is 16.8 Å². The molecule has 0 spiro atoms.